The van der Waals surface area contributed by atoms with Gasteiger partial charge in [-0.3, -0.25) is 9.36 Å². The largest absolute Gasteiger partial charge is 0.459 e. The van der Waals surface area contributed by atoms with E-state index < -0.39 is 12.0 Å². The van der Waals surface area contributed by atoms with Crippen LogP contribution in [0.4, 0.5) is 0 Å². The van der Waals surface area contributed by atoms with Gasteiger partial charge in [0.2, 0.25) is 0 Å². The molecule has 4 aromatic rings. The summed E-state index contributed by atoms with van der Waals surface area (Å²) in [6.07, 6.45) is 1.40. The minimum atomic E-state index is -0.692. The van der Waals surface area contributed by atoms with Crippen LogP contribution in [-0.4, -0.2) is 16.6 Å². The Morgan fingerprint density at radius 3 is 2.57 bits per heavy atom. The molecular formula is C28H23ClN2O4S2. The summed E-state index contributed by atoms with van der Waals surface area (Å²) in [7, 11) is 0. The quantitative estimate of drug-likeness (QED) is 0.293. The third-order valence-corrected chi connectivity index (χ3v) is 7.77. The van der Waals surface area contributed by atoms with Gasteiger partial charge in [0, 0.05) is 16.0 Å². The second-order valence-electron chi connectivity index (χ2n) is 8.66. The summed E-state index contributed by atoms with van der Waals surface area (Å²) < 4.78 is 13.5. The highest BCUT2D eigenvalue weighted by Gasteiger charge is 2.33. The summed E-state index contributed by atoms with van der Waals surface area (Å²) >= 11 is 8.88. The van der Waals surface area contributed by atoms with Gasteiger partial charge in [0.05, 0.1) is 27.9 Å². The summed E-state index contributed by atoms with van der Waals surface area (Å²) in [5.74, 6) is 0.0565. The van der Waals surface area contributed by atoms with Gasteiger partial charge < -0.3 is 9.15 Å². The summed E-state index contributed by atoms with van der Waals surface area (Å²) in [4.78, 5) is 33.0. The number of thiazole rings is 1. The number of carbonyl (C=O) groups is 1. The molecule has 37 heavy (non-hydrogen) atoms. The number of hydrogen-bond acceptors (Lipinski definition) is 7. The maximum atomic E-state index is 13.7. The smallest absolute Gasteiger partial charge is 0.338 e. The van der Waals surface area contributed by atoms with Crippen molar-refractivity contribution in [3.63, 3.8) is 0 Å². The molecule has 2 aromatic heterocycles. The highest BCUT2D eigenvalue weighted by molar-refractivity contribution is 7.99. The molecular weight excluding hydrogens is 528 g/mol. The summed E-state index contributed by atoms with van der Waals surface area (Å²) in [6, 6.07) is 20.0. The van der Waals surface area contributed by atoms with Gasteiger partial charge in [0.25, 0.3) is 5.56 Å². The molecule has 188 valence electrons. The number of carbonyl (C=O) groups excluding carboxylic acids is 1. The van der Waals surface area contributed by atoms with Crippen LogP contribution in [0.2, 0.25) is 5.02 Å². The van der Waals surface area contributed by atoms with Crippen molar-refractivity contribution in [2.75, 3.05) is 0 Å². The van der Waals surface area contributed by atoms with E-state index in [1.165, 1.54) is 23.1 Å². The van der Waals surface area contributed by atoms with E-state index in [2.05, 4.69) is 4.99 Å². The second kappa shape index (κ2) is 10.6. The molecule has 0 fully saturated rings. The van der Waals surface area contributed by atoms with Gasteiger partial charge in [0.1, 0.15) is 5.76 Å². The maximum Gasteiger partial charge on any atom is 0.338 e. The molecule has 9 heteroatoms. The Kier molecular flexibility index (Phi) is 7.24. The fraction of sp³-hybridized carbons (Fsp3) is 0.179. The Hall–Kier alpha value is -3.33. The van der Waals surface area contributed by atoms with Gasteiger partial charge in [-0.05, 0) is 62.7 Å². The van der Waals surface area contributed by atoms with Crippen molar-refractivity contribution in [2.24, 2.45) is 4.99 Å². The molecule has 1 unspecified atom stereocenters. The molecule has 3 heterocycles. The lowest BCUT2D eigenvalue weighted by molar-refractivity contribution is -0.143. The number of nitrogens with zero attached hydrogens (tertiary/aromatic N) is 2. The number of allylic oxidation sites excluding steroid dienone is 1. The number of ether oxygens (including phenoxy) is 1. The van der Waals surface area contributed by atoms with Crippen molar-refractivity contribution >= 4 is 46.7 Å². The summed E-state index contributed by atoms with van der Waals surface area (Å²) in [6.45, 7) is 5.33. The van der Waals surface area contributed by atoms with E-state index in [4.69, 9.17) is 20.8 Å². The Bertz CT molecular complexity index is 1670. The van der Waals surface area contributed by atoms with Gasteiger partial charge in [-0.15, -0.1) is 0 Å². The Morgan fingerprint density at radius 1 is 1.14 bits per heavy atom. The van der Waals surface area contributed by atoms with Gasteiger partial charge in [-0.1, -0.05) is 65.0 Å². The molecule has 0 aliphatic carbocycles. The van der Waals surface area contributed by atoms with Gasteiger partial charge >= 0.3 is 5.97 Å². The first-order chi connectivity index (χ1) is 17.8. The Balaban J connectivity index is 1.58. The molecule has 5 rings (SSSR count). The van der Waals surface area contributed by atoms with Crippen LogP contribution in [-0.2, 0) is 9.53 Å². The highest BCUT2D eigenvalue weighted by Crippen LogP contribution is 2.32. The fourth-order valence-corrected chi connectivity index (χ4v) is 5.97. The van der Waals surface area contributed by atoms with E-state index in [0.717, 1.165) is 15.6 Å². The van der Waals surface area contributed by atoms with Crippen LogP contribution in [0.3, 0.4) is 0 Å². The van der Waals surface area contributed by atoms with E-state index in [1.54, 1.807) is 43.5 Å². The van der Waals surface area contributed by atoms with E-state index >= 15 is 0 Å². The number of hydrogen-bond donors (Lipinski definition) is 0. The fourth-order valence-electron chi connectivity index (χ4n) is 4.02. The topological polar surface area (TPSA) is 73.8 Å². The first kappa shape index (κ1) is 25.3. The number of aromatic nitrogens is 1. The van der Waals surface area contributed by atoms with Crippen LogP contribution in [0.5, 0.6) is 0 Å². The summed E-state index contributed by atoms with van der Waals surface area (Å²) in [5, 5.41) is 1.28. The van der Waals surface area contributed by atoms with Gasteiger partial charge in [-0.25, -0.2) is 9.79 Å². The molecule has 0 N–H and O–H groups in total. The zero-order chi connectivity index (χ0) is 26.1. The number of esters is 1. The lowest BCUT2D eigenvalue weighted by Gasteiger charge is -2.25. The normalized spacial score (nSPS) is 15.6. The van der Waals surface area contributed by atoms with Crippen molar-refractivity contribution in [2.45, 2.75) is 42.9 Å². The van der Waals surface area contributed by atoms with Gasteiger partial charge in [0.15, 0.2) is 9.89 Å². The van der Waals surface area contributed by atoms with E-state index in [-0.39, 0.29) is 11.7 Å². The Labute approximate surface area is 226 Å². The molecule has 0 amide bonds. The predicted octanol–water partition coefficient (Wildman–Crippen LogP) is 5.58. The number of halogens is 1. The molecule has 0 spiro atoms. The number of furan rings is 1. The van der Waals surface area contributed by atoms with Crippen LogP contribution < -0.4 is 14.9 Å². The van der Waals surface area contributed by atoms with Crippen LogP contribution in [0.15, 0.2) is 102 Å². The molecule has 6 nitrogen and oxygen atoms in total. The molecule has 1 aliphatic heterocycles. The standard InChI is InChI=1S/C28H23ClN2O4S2/c1-16(2)34-27(33)24-17(3)30-28-31(25(24)18-9-11-19(29)12-10-18)26(32)22(37-28)15-20-13-14-23(35-20)36-21-7-5-4-6-8-21/h4-16,25H,1-3H3. The Morgan fingerprint density at radius 2 is 1.86 bits per heavy atom. The van der Waals surface area contributed by atoms with Crippen molar-refractivity contribution < 1.29 is 13.9 Å². The lowest BCUT2D eigenvalue weighted by Crippen LogP contribution is -2.40. The molecule has 0 bridgehead atoms. The molecule has 2 aromatic carbocycles. The van der Waals surface area contributed by atoms with Crippen molar-refractivity contribution in [1.82, 2.24) is 4.57 Å². The molecule has 0 saturated carbocycles. The SMILES string of the molecule is CC1=C(C(=O)OC(C)C)C(c2ccc(Cl)cc2)n2c(sc(=Cc3ccc(Sc4ccccc4)o3)c2=O)=N1. The number of benzene rings is 2. The monoisotopic (exact) mass is 550 g/mol. The van der Waals surface area contributed by atoms with E-state index in [0.29, 0.717) is 31.4 Å². The maximum absolute atomic E-state index is 13.7. The average Bonchev–Trinajstić information content (AvgIpc) is 3.42. The van der Waals surface area contributed by atoms with Crippen molar-refractivity contribution in [3.05, 3.63) is 114 Å². The first-order valence-electron chi connectivity index (χ1n) is 11.6. The van der Waals surface area contributed by atoms with Crippen LogP contribution >= 0.6 is 34.7 Å². The first-order valence-corrected chi connectivity index (χ1v) is 13.6. The third kappa shape index (κ3) is 5.37. The van der Waals surface area contributed by atoms with Crippen molar-refractivity contribution in [1.29, 1.82) is 0 Å². The minimum absolute atomic E-state index is 0.264. The molecule has 0 radical (unpaired) electrons. The molecule has 1 aliphatic rings. The van der Waals surface area contributed by atoms with Crippen LogP contribution in [0.1, 0.15) is 38.1 Å². The van der Waals surface area contributed by atoms with E-state index in [1.807, 2.05) is 54.6 Å². The zero-order valence-corrected chi connectivity index (χ0v) is 22.7. The third-order valence-electron chi connectivity index (χ3n) is 5.61. The zero-order valence-electron chi connectivity index (χ0n) is 20.3. The second-order valence-corrected chi connectivity index (χ2v) is 11.2. The molecule has 1 atom stereocenters. The lowest BCUT2D eigenvalue weighted by atomic mass is 9.96. The van der Waals surface area contributed by atoms with E-state index in [9.17, 15) is 9.59 Å². The predicted molar refractivity (Wildman–Crippen MR) is 146 cm³/mol. The average molecular weight is 551 g/mol. The number of fused-ring (bicyclic) bond motifs is 1. The minimum Gasteiger partial charge on any atom is -0.459 e. The highest BCUT2D eigenvalue weighted by atomic mass is 35.5. The van der Waals surface area contributed by atoms with Crippen molar-refractivity contribution in [3.8, 4) is 0 Å². The van der Waals surface area contributed by atoms with Crippen LogP contribution in [0, 0.1) is 0 Å². The molecule has 0 saturated heterocycles. The number of rotatable bonds is 6. The van der Waals surface area contributed by atoms with Gasteiger partial charge in [-0.2, -0.15) is 0 Å². The summed E-state index contributed by atoms with van der Waals surface area (Å²) in [5.41, 5.74) is 1.31. The van der Waals surface area contributed by atoms with Crippen LogP contribution in [0.25, 0.3) is 6.08 Å².